The van der Waals surface area contributed by atoms with Gasteiger partial charge in [-0.3, -0.25) is 0 Å². The third kappa shape index (κ3) is 3.54. The molecule has 0 aliphatic carbocycles. The van der Waals surface area contributed by atoms with Crippen LogP contribution in [0.5, 0.6) is 0 Å². The van der Waals surface area contributed by atoms with E-state index in [-0.39, 0.29) is 16.9 Å². The zero-order valence-electron chi connectivity index (χ0n) is 10.4. The minimum Gasteiger partial charge on any atom is -0.378 e. The summed E-state index contributed by atoms with van der Waals surface area (Å²) in [6.45, 7) is 1.84. The number of rotatable bonds is 3. The molecule has 0 bridgehead atoms. The Kier molecular flexibility index (Phi) is 5.09. The van der Waals surface area contributed by atoms with Crippen molar-refractivity contribution in [3.8, 4) is 0 Å². The summed E-state index contributed by atoms with van der Waals surface area (Å²) < 4.78 is 27.3. The summed E-state index contributed by atoms with van der Waals surface area (Å²) in [5, 5.41) is 3.54. The third-order valence-electron chi connectivity index (χ3n) is 2.81. The molecule has 1 unspecified atom stereocenters. The molecule has 2 aromatic carbocycles. The first kappa shape index (κ1) is 15.8. The van der Waals surface area contributed by atoms with Gasteiger partial charge in [0.15, 0.2) is 0 Å². The van der Waals surface area contributed by atoms with Crippen molar-refractivity contribution < 1.29 is 8.78 Å². The second kappa shape index (κ2) is 6.45. The molecular formula is C14H10Cl2F2IN. The van der Waals surface area contributed by atoms with Gasteiger partial charge in [0.25, 0.3) is 0 Å². The Balaban J connectivity index is 2.28. The average Bonchev–Trinajstić information content (AvgIpc) is 2.37. The summed E-state index contributed by atoms with van der Waals surface area (Å²) in [5.74, 6) is -0.823. The molecule has 20 heavy (non-hydrogen) atoms. The van der Waals surface area contributed by atoms with Crippen LogP contribution in [0.2, 0.25) is 10.0 Å². The molecular weight excluding hydrogens is 418 g/mol. The van der Waals surface area contributed by atoms with Gasteiger partial charge in [-0.1, -0.05) is 23.2 Å². The van der Waals surface area contributed by atoms with Crippen molar-refractivity contribution in [2.45, 2.75) is 13.0 Å². The van der Waals surface area contributed by atoms with Crippen LogP contribution in [0.25, 0.3) is 0 Å². The fraction of sp³-hybridized carbons (Fsp3) is 0.143. The first-order chi connectivity index (χ1) is 9.38. The van der Waals surface area contributed by atoms with Gasteiger partial charge in [-0.15, -0.1) is 0 Å². The topological polar surface area (TPSA) is 12.0 Å². The van der Waals surface area contributed by atoms with Crippen LogP contribution in [0.1, 0.15) is 18.5 Å². The van der Waals surface area contributed by atoms with Gasteiger partial charge in [0, 0.05) is 14.3 Å². The molecule has 0 saturated heterocycles. The summed E-state index contributed by atoms with van der Waals surface area (Å²) in [5.41, 5.74) is 1.35. The Morgan fingerprint density at radius 1 is 1.10 bits per heavy atom. The van der Waals surface area contributed by atoms with Gasteiger partial charge < -0.3 is 5.32 Å². The predicted molar refractivity (Wildman–Crippen MR) is 87.6 cm³/mol. The van der Waals surface area contributed by atoms with Crippen LogP contribution in [0.4, 0.5) is 14.5 Å². The van der Waals surface area contributed by atoms with Crippen molar-refractivity contribution in [2.24, 2.45) is 0 Å². The molecule has 1 N–H and O–H groups in total. The van der Waals surface area contributed by atoms with E-state index in [0.29, 0.717) is 10.6 Å². The lowest BCUT2D eigenvalue weighted by Gasteiger charge is -2.18. The Hall–Kier alpha value is -0.590. The predicted octanol–water partition coefficient (Wildman–Crippen LogP) is 6.05. The van der Waals surface area contributed by atoms with E-state index in [4.69, 9.17) is 23.2 Å². The number of halogens is 5. The van der Waals surface area contributed by atoms with Crippen molar-refractivity contribution in [3.05, 3.63) is 61.1 Å². The van der Waals surface area contributed by atoms with Crippen LogP contribution < -0.4 is 5.32 Å². The molecule has 1 atom stereocenters. The average molecular weight is 428 g/mol. The summed E-state index contributed by atoms with van der Waals surface area (Å²) in [7, 11) is 0. The van der Waals surface area contributed by atoms with E-state index < -0.39 is 5.82 Å². The first-order valence-electron chi connectivity index (χ1n) is 5.74. The highest BCUT2D eigenvalue weighted by molar-refractivity contribution is 14.1. The van der Waals surface area contributed by atoms with E-state index in [9.17, 15) is 8.78 Å². The normalized spacial score (nSPS) is 12.3. The molecule has 0 aromatic heterocycles. The molecule has 0 aliphatic rings. The number of hydrogen-bond donors (Lipinski definition) is 1. The number of anilines is 1. The maximum absolute atomic E-state index is 13.5. The quantitative estimate of drug-likeness (QED) is 0.464. The highest BCUT2D eigenvalue weighted by Gasteiger charge is 2.14. The highest BCUT2D eigenvalue weighted by atomic mass is 127. The maximum atomic E-state index is 13.5. The van der Waals surface area contributed by atoms with E-state index in [1.165, 1.54) is 24.3 Å². The van der Waals surface area contributed by atoms with Crippen LogP contribution in [0, 0.1) is 15.2 Å². The fourth-order valence-electron chi connectivity index (χ4n) is 1.79. The zero-order valence-corrected chi connectivity index (χ0v) is 14.0. The highest BCUT2D eigenvalue weighted by Crippen LogP contribution is 2.31. The van der Waals surface area contributed by atoms with Gasteiger partial charge in [0.05, 0.1) is 11.1 Å². The van der Waals surface area contributed by atoms with Gasteiger partial charge in [0.1, 0.15) is 11.6 Å². The monoisotopic (exact) mass is 427 g/mol. The van der Waals surface area contributed by atoms with Crippen LogP contribution in [0.3, 0.4) is 0 Å². The Labute approximate surface area is 139 Å². The standard InChI is InChI=1S/C14H10Cl2F2IN/c1-7(9-5-12(18)11(16)6-10(9)15)20-14-3-2-8(17)4-13(14)19/h2-7,20H,1H3. The molecule has 2 rings (SSSR count). The molecule has 0 saturated carbocycles. The molecule has 0 radical (unpaired) electrons. The molecule has 2 aromatic rings. The van der Waals surface area contributed by atoms with Crippen molar-refractivity contribution >= 4 is 51.5 Å². The molecule has 0 fully saturated rings. The van der Waals surface area contributed by atoms with Crippen LogP contribution in [-0.2, 0) is 0 Å². The van der Waals surface area contributed by atoms with E-state index >= 15 is 0 Å². The Bertz CT molecular complexity index is 649. The van der Waals surface area contributed by atoms with E-state index in [1.807, 2.05) is 29.5 Å². The zero-order chi connectivity index (χ0) is 14.9. The maximum Gasteiger partial charge on any atom is 0.142 e. The van der Waals surface area contributed by atoms with Gasteiger partial charge in [0.2, 0.25) is 0 Å². The van der Waals surface area contributed by atoms with Crippen LogP contribution in [0.15, 0.2) is 30.3 Å². The molecule has 6 heteroatoms. The second-order valence-electron chi connectivity index (χ2n) is 4.28. The summed E-state index contributed by atoms with van der Waals surface area (Å²) in [4.78, 5) is 0. The number of nitrogens with one attached hydrogen (secondary N) is 1. The Morgan fingerprint density at radius 2 is 1.80 bits per heavy atom. The van der Waals surface area contributed by atoms with E-state index in [1.54, 1.807) is 6.07 Å². The number of benzene rings is 2. The van der Waals surface area contributed by atoms with Crippen molar-refractivity contribution in [2.75, 3.05) is 5.32 Å². The summed E-state index contributed by atoms with van der Waals surface area (Å²) >= 11 is 13.8. The largest absolute Gasteiger partial charge is 0.378 e. The van der Waals surface area contributed by atoms with Gasteiger partial charge in [-0.2, -0.15) is 0 Å². The van der Waals surface area contributed by atoms with Crippen LogP contribution in [-0.4, -0.2) is 0 Å². The lowest BCUT2D eigenvalue weighted by molar-refractivity contribution is 0.624. The molecule has 1 nitrogen and oxygen atoms in total. The van der Waals surface area contributed by atoms with Crippen LogP contribution >= 0.6 is 45.8 Å². The number of hydrogen-bond acceptors (Lipinski definition) is 1. The minimum atomic E-state index is -0.520. The van der Waals surface area contributed by atoms with Crippen molar-refractivity contribution in [3.63, 3.8) is 0 Å². The van der Waals surface area contributed by atoms with E-state index in [0.717, 1.165) is 9.26 Å². The summed E-state index contributed by atoms with van der Waals surface area (Å²) in [6, 6.07) is 6.85. The van der Waals surface area contributed by atoms with E-state index in [2.05, 4.69) is 5.32 Å². The minimum absolute atomic E-state index is 0.0117. The molecule has 0 heterocycles. The molecule has 0 spiro atoms. The first-order valence-corrected chi connectivity index (χ1v) is 7.58. The SMILES string of the molecule is CC(Nc1ccc(F)cc1I)c1cc(F)c(Cl)cc1Cl. The Morgan fingerprint density at radius 3 is 2.45 bits per heavy atom. The lowest BCUT2D eigenvalue weighted by Crippen LogP contribution is -2.09. The molecule has 0 amide bonds. The lowest BCUT2D eigenvalue weighted by atomic mass is 10.1. The molecule has 106 valence electrons. The second-order valence-corrected chi connectivity index (χ2v) is 6.25. The summed E-state index contributed by atoms with van der Waals surface area (Å²) in [6.07, 6.45) is 0. The van der Waals surface area contributed by atoms with Crippen molar-refractivity contribution in [1.29, 1.82) is 0 Å². The van der Waals surface area contributed by atoms with Gasteiger partial charge in [-0.25, -0.2) is 8.78 Å². The third-order valence-corrected chi connectivity index (χ3v) is 4.32. The smallest absolute Gasteiger partial charge is 0.142 e. The molecule has 0 aliphatic heterocycles. The fourth-order valence-corrected chi connectivity index (χ4v) is 2.97. The van der Waals surface area contributed by atoms with Gasteiger partial charge in [-0.05, 0) is 65.4 Å². The van der Waals surface area contributed by atoms with Crippen molar-refractivity contribution in [1.82, 2.24) is 0 Å². The van der Waals surface area contributed by atoms with Gasteiger partial charge >= 0.3 is 0 Å².